The highest BCUT2D eigenvalue weighted by atomic mass is 16.3. The molecule has 0 radical (unpaired) electrons. The number of carbonyl (C=O) groups is 2. The van der Waals surface area contributed by atoms with E-state index in [2.05, 4.69) is 25.7 Å². The number of fused-ring (bicyclic) bond motifs is 1. The molecule has 4 rings (SSSR count). The summed E-state index contributed by atoms with van der Waals surface area (Å²) >= 11 is 0. The van der Waals surface area contributed by atoms with Crippen molar-refractivity contribution >= 4 is 17.5 Å². The molecule has 0 bridgehead atoms. The van der Waals surface area contributed by atoms with E-state index in [4.69, 9.17) is 0 Å². The molecular weight excluding hydrogens is 426 g/mol. The third-order valence-corrected chi connectivity index (χ3v) is 5.14. The highest BCUT2D eigenvalue weighted by Crippen LogP contribution is 2.24. The van der Waals surface area contributed by atoms with Crippen LogP contribution in [0.4, 0.5) is 0 Å². The SMILES string of the molecule is CC(C)(C)Cn1c(=O)c(C(=O)NC2CC2)c(O)n2nc(C(=O)NCCc3cnccn3)cc12. The summed E-state index contributed by atoms with van der Waals surface area (Å²) in [5.74, 6) is -1.70. The van der Waals surface area contributed by atoms with Crippen LogP contribution >= 0.6 is 0 Å². The molecule has 3 N–H and O–H groups in total. The first kappa shape index (κ1) is 22.4. The van der Waals surface area contributed by atoms with Gasteiger partial charge in [-0.3, -0.25) is 28.9 Å². The lowest BCUT2D eigenvalue weighted by Crippen LogP contribution is -2.37. The molecular formula is C22H27N7O4. The number of carbonyl (C=O) groups excluding carboxylic acids is 2. The van der Waals surface area contributed by atoms with Gasteiger partial charge in [0, 0.05) is 50.2 Å². The van der Waals surface area contributed by atoms with E-state index in [0.717, 1.165) is 23.1 Å². The Balaban J connectivity index is 1.67. The molecule has 0 aromatic carbocycles. The Morgan fingerprint density at radius 3 is 2.61 bits per heavy atom. The van der Waals surface area contributed by atoms with E-state index < -0.39 is 23.3 Å². The van der Waals surface area contributed by atoms with Crippen LogP contribution in [0.3, 0.4) is 0 Å². The Morgan fingerprint density at radius 1 is 1.21 bits per heavy atom. The van der Waals surface area contributed by atoms with Crippen molar-refractivity contribution in [3.8, 4) is 5.88 Å². The van der Waals surface area contributed by atoms with Crippen molar-refractivity contribution in [1.29, 1.82) is 0 Å². The molecule has 1 aliphatic carbocycles. The second kappa shape index (κ2) is 8.64. The number of amides is 2. The monoisotopic (exact) mass is 453 g/mol. The molecule has 1 saturated carbocycles. The summed E-state index contributed by atoms with van der Waals surface area (Å²) in [7, 11) is 0. The molecule has 3 heterocycles. The van der Waals surface area contributed by atoms with Crippen LogP contribution in [0.25, 0.3) is 5.65 Å². The zero-order valence-corrected chi connectivity index (χ0v) is 18.8. The number of nitrogens with one attached hydrogen (secondary N) is 2. The largest absolute Gasteiger partial charge is 0.492 e. The van der Waals surface area contributed by atoms with Crippen LogP contribution in [0.1, 0.15) is 60.2 Å². The number of hydrogen-bond acceptors (Lipinski definition) is 7. The van der Waals surface area contributed by atoms with E-state index in [9.17, 15) is 19.5 Å². The molecule has 174 valence electrons. The van der Waals surface area contributed by atoms with Gasteiger partial charge in [0.25, 0.3) is 17.4 Å². The van der Waals surface area contributed by atoms with E-state index in [1.54, 1.807) is 18.6 Å². The Labute approximate surface area is 189 Å². The topological polar surface area (TPSA) is 144 Å². The normalized spacial score (nSPS) is 13.8. The van der Waals surface area contributed by atoms with Gasteiger partial charge in [-0.2, -0.15) is 9.61 Å². The first-order valence-electron chi connectivity index (χ1n) is 10.8. The van der Waals surface area contributed by atoms with E-state index >= 15 is 0 Å². The molecule has 1 aliphatic rings. The van der Waals surface area contributed by atoms with Gasteiger partial charge in [0.15, 0.2) is 11.3 Å². The molecule has 1 fully saturated rings. The van der Waals surface area contributed by atoms with Crippen LogP contribution in [0.15, 0.2) is 29.5 Å². The first-order valence-corrected chi connectivity index (χ1v) is 10.8. The minimum atomic E-state index is -0.643. The van der Waals surface area contributed by atoms with Crippen molar-refractivity contribution in [2.75, 3.05) is 6.54 Å². The fourth-order valence-corrected chi connectivity index (χ4v) is 3.44. The highest BCUT2D eigenvalue weighted by Gasteiger charge is 2.30. The zero-order valence-electron chi connectivity index (χ0n) is 18.8. The van der Waals surface area contributed by atoms with Crippen molar-refractivity contribution in [3.05, 3.63) is 52.0 Å². The maximum atomic E-state index is 13.2. The summed E-state index contributed by atoms with van der Waals surface area (Å²) in [5.41, 5.74) is -0.329. The van der Waals surface area contributed by atoms with Crippen LogP contribution in [-0.4, -0.2) is 53.7 Å². The summed E-state index contributed by atoms with van der Waals surface area (Å²) in [6.07, 6.45) is 6.93. The van der Waals surface area contributed by atoms with Gasteiger partial charge in [-0.25, -0.2) is 0 Å². The lowest BCUT2D eigenvalue weighted by Gasteiger charge is -2.21. The number of nitrogens with zero attached hydrogens (tertiary/aromatic N) is 5. The lowest BCUT2D eigenvalue weighted by atomic mass is 9.97. The van der Waals surface area contributed by atoms with Gasteiger partial charge in [0.2, 0.25) is 5.88 Å². The van der Waals surface area contributed by atoms with Gasteiger partial charge in [0.1, 0.15) is 5.65 Å². The second-order valence-electron chi connectivity index (χ2n) is 9.40. The van der Waals surface area contributed by atoms with Crippen LogP contribution in [-0.2, 0) is 13.0 Å². The number of rotatable bonds is 7. The minimum absolute atomic E-state index is 0.0105. The third kappa shape index (κ3) is 5.02. The number of aromatic hydroxyl groups is 1. The zero-order chi connectivity index (χ0) is 23.8. The molecule has 0 aliphatic heterocycles. The van der Waals surface area contributed by atoms with Crippen molar-refractivity contribution in [3.63, 3.8) is 0 Å². The average Bonchev–Trinajstić information content (AvgIpc) is 3.44. The molecule has 11 heteroatoms. The summed E-state index contributed by atoms with van der Waals surface area (Å²) in [5, 5.41) is 20.4. The van der Waals surface area contributed by atoms with Crippen LogP contribution in [0, 0.1) is 5.41 Å². The molecule has 0 unspecified atom stereocenters. The van der Waals surface area contributed by atoms with Crippen LogP contribution in [0.5, 0.6) is 5.88 Å². The quantitative estimate of drug-likeness (QED) is 0.482. The molecule has 2 amide bonds. The highest BCUT2D eigenvalue weighted by molar-refractivity contribution is 5.97. The van der Waals surface area contributed by atoms with Crippen LogP contribution < -0.4 is 16.2 Å². The third-order valence-electron chi connectivity index (χ3n) is 5.14. The Morgan fingerprint density at radius 2 is 1.97 bits per heavy atom. The molecule has 3 aromatic rings. The van der Waals surface area contributed by atoms with Gasteiger partial charge < -0.3 is 15.7 Å². The predicted octanol–water partition coefficient (Wildman–Crippen LogP) is 0.902. The number of aromatic nitrogens is 5. The second-order valence-corrected chi connectivity index (χ2v) is 9.40. The molecule has 0 saturated heterocycles. The first-order chi connectivity index (χ1) is 15.6. The molecule has 0 spiro atoms. The van der Waals surface area contributed by atoms with Crippen LogP contribution in [0.2, 0.25) is 0 Å². The minimum Gasteiger partial charge on any atom is -0.492 e. The van der Waals surface area contributed by atoms with Gasteiger partial charge in [-0.05, 0) is 18.3 Å². The fourth-order valence-electron chi connectivity index (χ4n) is 3.44. The molecule has 33 heavy (non-hydrogen) atoms. The van der Waals surface area contributed by atoms with Crippen molar-refractivity contribution in [2.24, 2.45) is 5.41 Å². The van der Waals surface area contributed by atoms with E-state index in [1.807, 2.05) is 20.8 Å². The summed E-state index contributed by atoms with van der Waals surface area (Å²) in [4.78, 5) is 46.8. The molecule has 0 atom stereocenters. The Bertz CT molecular complexity index is 1250. The van der Waals surface area contributed by atoms with Crippen molar-refractivity contribution in [1.82, 2.24) is 34.8 Å². The maximum Gasteiger partial charge on any atom is 0.271 e. The van der Waals surface area contributed by atoms with Gasteiger partial charge in [-0.1, -0.05) is 20.8 Å². The average molecular weight is 454 g/mol. The standard InChI is InChI=1S/C22H27N7O4/c1-22(2,3)12-28-16-10-15(18(30)25-7-6-14-11-23-8-9-24-14)27-29(16)21(33)17(20(28)32)19(31)26-13-4-5-13/h8-11,13,33H,4-7,12H2,1-3H3,(H,25,30)(H,26,31). The molecule has 3 aromatic heterocycles. The van der Waals surface area contributed by atoms with E-state index in [1.165, 1.54) is 10.6 Å². The van der Waals surface area contributed by atoms with Gasteiger partial charge in [-0.15, -0.1) is 0 Å². The lowest BCUT2D eigenvalue weighted by molar-refractivity contribution is 0.0939. The Hall–Kier alpha value is -3.76. The summed E-state index contributed by atoms with van der Waals surface area (Å²) < 4.78 is 2.46. The molecule has 11 nitrogen and oxygen atoms in total. The van der Waals surface area contributed by atoms with Gasteiger partial charge >= 0.3 is 0 Å². The van der Waals surface area contributed by atoms with Crippen molar-refractivity contribution < 1.29 is 14.7 Å². The van der Waals surface area contributed by atoms with E-state index in [0.29, 0.717) is 13.0 Å². The fraction of sp³-hybridized carbons (Fsp3) is 0.455. The Kier molecular flexibility index (Phi) is 5.88. The predicted molar refractivity (Wildman–Crippen MR) is 119 cm³/mol. The van der Waals surface area contributed by atoms with Crippen molar-refractivity contribution in [2.45, 2.75) is 52.6 Å². The van der Waals surface area contributed by atoms with Gasteiger partial charge in [0.05, 0.1) is 5.69 Å². The van der Waals surface area contributed by atoms with E-state index in [-0.39, 0.29) is 34.9 Å². The summed E-state index contributed by atoms with van der Waals surface area (Å²) in [6.45, 7) is 6.41. The maximum absolute atomic E-state index is 13.2. The smallest absolute Gasteiger partial charge is 0.271 e. The summed E-state index contributed by atoms with van der Waals surface area (Å²) in [6, 6.07) is 1.45. The number of hydrogen-bond donors (Lipinski definition) is 3.